The average molecular weight is 1230 g/mol. The maximum atomic E-state index is 12.9. The first-order chi connectivity index (χ1) is 43.0. The summed E-state index contributed by atoms with van der Waals surface area (Å²) in [6.07, 6.45) is 105. The van der Waals surface area contributed by atoms with Gasteiger partial charge in [-0.1, -0.05) is 265 Å². The van der Waals surface area contributed by atoms with Crippen molar-refractivity contribution in [3.8, 4) is 0 Å². The Morgan fingerprint density at radius 2 is 0.614 bits per heavy atom. The molecule has 0 saturated carbocycles. The van der Waals surface area contributed by atoms with Gasteiger partial charge >= 0.3 is 11.9 Å². The van der Waals surface area contributed by atoms with Crippen molar-refractivity contribution in [2.45, 2.75) is 225 Å². The number of esters is 2. The van der Waals surface area contributed by atoms with Crippen LogP contribution in [0.2, 0.25) is 0 Å². The highest BCUT2D eigenvalue weighted by molar-refractivity contribution is 7.45. The van der Waals surface area contributed by atoms with Gasteiger partial charge < -0.3 is 27.9 Å². The van der Waals surface area contributed by atoms with E-state index in [-0.39, 0.29) is 26.1 Å². The molecule has 0 aliphatic carbocycles. The number of ether oxygens (including phenoxy) is 2. The number of likely N-dealkylation sites (N-methyl/N-ethyl adjacent to an activating group) is 1. The summed E-state index contributed by atoms with van der Waals surface area (Å²) in [6.45, 7) is 3.93. The maximum Gasteiger partial charge on any atom is 0.306 e. The second-order valence-corrected chi connectivity index (χ2v) is 24.1. The summed E-state index contributed by atoms with van der Waals surface area (Å²) in [5.41, 5.74) is 0. The van der Waals surface area contributed by atoms with Crippen LogP contribution in [0.4, 0.5) is 0 Å². The lowest BCUT2D eigenvalue weighted by atomic mass is 10.1. The summed E-state index contributed by atoms with van der Waals surface area (Å²) in [5, 5.41) is 0. The van der Waals surface area contributed by atoms with E-state index in [1.807, 2.05) is 21.1 Å². The number of phosphoric ester groups is 1. The van der Waals surface area contributed by atoms with Crippen LogP contribution in [0.3, 0.4) is 0 Å². The third-order valence-electron chi connectivity index (χ3n) is 13.3. The van der Waals surface area contributed by atoms with Crippen LogP contribution in [0.1, 0.15) is 219 Å². The first-order valence-corrected chi connectivity index (χ1v) is 35.3. The Hall–Kier alpha value is -5.41. The van der Waals surface area contributed by atoms with Crippen LogP contribution >= 0.6 is 7.82 Å². The Morgan fingerprint density at radius 3 is 0.920 bits per heavy atom. The van der Waals surface area contributed by atoms with Crippen LogP contribution < -0.4 is 4.89 Å². The van der Waals surface area contributed by atoms with Gasteiger partial charge in [-0.25, -0.2) is 0 Å². The molecule has 0 rings (SSSR count). The molecule has 0 fully saturated rings. The first kappa shape index (κ1) is 82.6. The first-order valence-electron chi connectivity index (χ1n) is 33.8. The number of allylic oxidation sites excluding steroid dienone is 34. The SMILES string of the molecule is CC/C=C\C/C=C\C/C=C\C/C=C\C/C=C\C/C=C\C/C=C\C/C=C\C/C=C\C/C=C\CCCCCCCCCCC(=O)OC(COC(=O)CCCCC/C=C\C/C=C\C/C=C\C/C=C\C/C=C\C/C=C\C/C=C\CC)COP(=O)([O-])OCC[N+](C)(C)C. The monoisotopic (exact) mass is 1230 g/mol. The molecule has 2 unspecified atom stereocenters. The molecule has 0 aromatic heterocycles. The van der Waals surface area contributed by atoms with Gasteiger partial charge in [-0.15, -0.1) is 0 Å². The zero-order valence-electron chi connectivity index (χ0n) is 55.8. The Balaban J connectivity index is 4.22. The summed E-state index contributed by atoms with van der Waals surface area (Å²) in [5.74, 6) is -0.899. The van der Waals surface area contributed by atoms with Gasteiger partial charge in [-0.05, 0) is 148 Å². The Bertz CT molecular complexity index is 2240. The highest BCUT2D eigenvalue weighted by Gasteiger charge is 2.22. The Labute approximate surface area is 538 Å². The molecule has 0 aliphatic heterocycles. The van der Waals surface area contributed by atoms with Gasteiger partial charge in [0.2, 0.25) is 0 Å². The molecule has 0 aromatic carbocycles. The second-order valence-electron chi connectivity index (χ2n) is 22.7. The van der Waals surface area contributed by atoms with Crippen molar-refractivity contribution < 1.29 is 42.1 Å². The molecule has 88 heavy (non-hydrogen) atoms. The van der Waals surface area contributed by atoms with Gasteiger partial charge in [-0.2, -0.15) is 0 Å². The van der Waals surface area contributed by atoms with Crippen molar-refractivity contribution in [3.05, 3.63) is 207 Å². The number of hydrogen-bond acceptors (Lipinski definition) is 8. The van der Waals surface area contributed by atoms with Crippen LogP contribution in [0, 0.1) is 0 Å². The molecule has 2 atom stereocenters. The maximum absolute atomic E-state index is 12.9. The molecule has 0 N–H and O–H groups in total. The lowest BCUT2D eigenvalue weighted by Gasteiger charge is -2.28. The molecule has 0 amide bonds. The van der Waals surface area contributed by atoms with Crippen LogP contribution in [0.5, 0.6) is 0 Å². The standard InChI is InChI=1S/C78H122NO8P/c1-6-8-10-12-14-16-18-20-22-24-26-28-30-32-33-34-35-36-37-38-39-40-41-42-43-44-45-47-49-51-53-55-57-59-61-63-65-67-69-71-78(81)87-76(75-86-88(82,83)85-73-72-79(3,4)5)74-84-77(80)70-68-66-64-62-60-58-56-54-52-50-48-46-31-29-27-25-23-21-19-17-15-13-11-9-7-2/h8-11,14-17,20-23,26-29,32-33,35-36,38-39,41-42,44-46,48-49,51-52,54,58,60,76H,6-7,12-13,18-19,24-25,30-31,34,37,40,43,47,50,53,55-57,59,61-75H2,1-5H3/b10-8-,11-9-,16-14-,17-15-,22-20-,23-21-,28-26-,29-27-,33-32-,36-35-,39-38-,42-41-,45-44-,48-46-,51-49-,54-52-,60-58-. The van der Waals surface area contributed by atoms with Gasteiger partial charge in [0.25, 0.3) is 7.82 Å². The third-order valence-corrected chi connectivity index (χ3v) is 14.3. The minimum Gasteiger partial charge on any atom is -0.756 e. The summed E-state index contributed by atoms with van der Waals surface area (Å²) in [4.78, 5) is 38.0. The van der Waals surface area contributed by atoms with E-state index in [1.54, 1.807) is 0 Å². The number of phosphoric acid groups is 1. The summed E-state index contributed by atoms with van der Waals surface area (Å²) < 4.78 is 34.2. The number of nitrogens with zero attached hydrogens (tertiary/aromatic N) is 1. The molecule has 9 nitrogen and oxygen atoms in total. The van der Waals surface area contributed by atoms with Crippen molar-refractivity contribution >= 4 is 19.8 Å². The smallest absolute Gasteiger partial charge is 0.306 e. The predicted octanol–water partition coefficient (Wildman–Crippen LogP) is 21.6. The minimum absolute atomic E-state index is 0.0505. The topological polar surface area (TPSA) is 111 Å². The quantitative estimate of drug-likeness (QED) is 0.0195. The molecule has 0 aliphatic rings. The van der Waals surface area contributed by atoms with Gasteiger partial charge in [0, 0.05) is 12.8 Å². The molecule has 10 heteroatoms. The summed E-state index contributed by atoms with van der Waals surface area (Å²) in [6, 6.07) is 0. The molecule has 0 radical (unpaired) electrons. The zero-order valence-corrected chi connectivity index (χ0v) is 56.7. The molecular formula is C78H122NO8P. The van der Waals surface area contributed by atoms with Crippen LogP contribution in [0.25, 0.3) is 0 Å². The fourth-order valence-corrected chi connectivity index (χ4v) is 8.92. The normalized spacial score (nSPS) is 14.5. The highest BCUT2D eigenvalue weighted by Crippen LogP contribution is 2.38. The van der Waals surface area contributed by atoms with E-state index in [2.05, 4.69) is 220 Å². The van der Waals surface area contributed by atoms with Gasteiger partial charge in [0.05, 0.1) is 27.7 Å². The predicted molar refractivity (Wildman–Crippen MR) is 378 cm³/mol. The van der Waals surface area contributed by atoms with Gasteiger partial charge in [0.1, 0.15) is 19.8 Å². The lowest BCUT2D eigenvalue weighted by molar-refractivity contribution is -0.870. The van der Waals surface area contributed by atoms with Gasteiger partial charge in [0.15, 0.2) is 6.10 Å². The zero-order chi connectivity index (χ0) is 64.1. The fraction of sp³-hybridized carbons (Fsp3) is 0.538. The number of quaternary nitrogens is 1. The van der Waals surface area contributed by atoms with Crippen molar-refractivity contribution in [1.29, 1.82) is 0 Å². The lowest BCUT2D eigenvalue weighted by Crippen LogP contribution is -2.37. The Kier molecular flexibility index (Phi) is 62.0. The minimum atomic E-state index is -4.67. The summed E-state index contributed by atoms with van der Waals surface area (Å²) >= 11 is 0. The third kappa shape index (κ3) is 69.7. The fourth-order valence-electron chi connectivity index (χ4n) is 8.19. The molecule has 0 saturated heterocycles. The van der Waals surface area contributed by atoms with Crippen molar-refractivity contribution in [3.63, 3.8) is 0 Å². The molecule has 0 aromatic rings. The highest BCUT2D eigenvalue weighted by atomic mass is 31.2. The summed E-state index contributed by atoms with van der Waals surface area (Å²) in [7, 11) is 1.11. The van der Waals surface area contributed by atoms with Crippen molar-refractivity contribution in [1.82, 2.24) is 0 Å². The van der Waals surface area contributed by atoms with E-state index >= 15 is 0 Å². The molecule has 0 bridgehead atoms. The molecule has 492 valence electrons. The van der Waals surface area contributed by atoms with E-state index in [9.17, 15) is 19.0 Å². The largest absolute Gasteiger partial charge is 0.756 e. The number of carbonyl (C=O) groups excluding carboxylic acids is 2. The molecule has 0 spiro atoms. The van der Waals surface area contributed by atoms with Crippen LogP contribution in [0.15, 0.2) is 207 Å². The number of unbranched alkanes of at least 4 members (excludes halogenated alkanes) is 11. The van der Waals surface area contributed by atoms with Crippen LogP contribution in [-0.4, -0.2) is 70.0 Å². The second kappa shape index (κ2) is 66.0. The Morgan fingerprint density at radius 1 is 0.352 bits per heavy atom. The number of hydrogen-bond donors (Lipinski definition) is 0. The number of rotatable bonds is 59. The molecule has 0 heterocycles. The molecular weight excluding hydrogens is 1110 g/mol. The van der Waals surface area contributed by atoms with Crippen LogP contribution in [-0.2, 0) is 32.7 Å². The van der Waals surface area contributed by atoms with E-state index in [4.69, 9.17) is 18.5 Å². The van der Waals surface area contributed by atoms with E-state index in [1.165, 1.54) is 25.7 Å². The van der Waals surface area contributed by atoms with E-state index < -0.39 is 32.5 Å². The van der Waals surface area contributed by atoms with Crippen molar-refractivity contribution in [2.24, 2.45) is 0 Å². The average Bonchev–Trinajstić information content (AvgIpc) is 3.68. The van der Waals surface area contributed by atoms with E-state index in [0.29, 0.717) is 23.9 Å². The number of carbonyl (C=O) groups is 2. The van der Waals surface area contributed by atoms with Gasteiger partial charge in [-0.3, -0.25) is 14.2 Å². The van der Waals surface area contributed by atoms with E-state index in [0.717, 1.165) is 154 Å². The van der Waals surface area contributed by atoms with Crippen molar-refractivity contribution in [2.75, 3.05) is 47.5 Å².